The van der Waals surface area contributed by atoms with Gasteiger partial charge < -0.3 is 15.0 Å². The number of benzene rings is 1. The average molecular weight is 316 g/mol. The lowest BCUT2D eigenvalue weighted by atomic mass is 10.1. The van der Waals surface area contributed by atoms with Crippen LogP contribution < -0.4 is 5.32 Å². The van der Waals surface area contributed by atoms with E-state index in [1.54, 1.807) is 0 Å². The van der Waals surface area contributed by atoms with Crippen molar-refractivity contribution in [2.75, 3.05) is 6.61 Å². The van der Waals surface area contributed by atoms with Gasteiger partial charge in [0.1, 0.15) is 0 Å². The number of fused-ring (bicyclic) bond motifs is 1. The van der Waals surface area contributed by atoms with Crippen molar-refractivity contribution in [3.63, 3.8) is 0 Å². The van der Waals surface area contributed by atoms with Gasteiger partial charge in [0.15, 0.2) is 6.61 Å². The topological polar surface area (TPSA) is 71.2 Å². The van der Waals surface area contributed by atoms with Crippen LogP contribution in [0.3, 0.4) is 0 Å². The van der Waals surface area contributed by atoms with Crippen molar-refractivity contribution in [3.8, 4) is 0 Å². The maximum Gasteiger partial charge on any atom is 0.306 e. The first-order valence-electron chi connectivity index (χ1n) is 8.10. The third-order valence-electron chi connectivity index (χ3n) is 3.77. The van der Waals surface area contributed by atoms with Gasteiger partial charge in [0.25, 0.3) is 5.91 Å². The molecule has 1 aromatic carbocycles. The number of esters is 1. The van der Waals surface area contributed by atoms with Gasteiger partial charge in [0.05, 0.1) is 0 Å². The highest BCUT2D eigenvalue weighted by atomic mass is 16.5. The summed E-state index contributed by atoms with van der Waals surface area (Å²) in [4.78, 5) is 26.6. The number of carbonyl (C=O) groups excluding carboxylic acids is 2. The average Bonchev–Trinajstić information content (AvgIpc) is 2.94. The van der Waals surface area contributed by atoms with Crippen molar-refractivity contribution < 1.29 is 14.3 Å². The second kappa shape index (κ2) is 8.36. The van der Waals surface area contributed by atoms with Crippen molar-refractivity contribution in [2.45, 2.75) is 45.6 Å². The van der Waals surface area contributed by atoms with Gasteiger partial charge in [-0.05, 0) is 31.4 Å². The Balaban J connectivity index is 1.74. The lowest BCUT2D eigenvalue weighted by molar-refractivity contribution is -0.148. The number of aromatic amines is 1. The summed E-state index contributed by atoms with van der Waals surface area (Å²) in [5.41, 5.74) is 2.14. The number of ether oxygens (including phenoxy) is 1. The maximum absolute atomic E-state index is 11.8. The third-order valence-corrected chi connectivity index (χ3v) is 3.77. The molecule has 0 fully saturated rings. The Morgan fingerprint density at radius 2 is 2.09 bits per heavy atom. The first-order chi connectivity index (χ1) is 11.1. The molecule has 0 bridgehead atoms. The number of H-pyrrole nitrogens is 1. The van der Waals surface area contributed by atoms with E-state index in [9.17, 15) is 9.59 Å². The zero-order valence-electron chi connectivity index (χ0n) is 13.7. The monoisotopic (exact) mass is 316 g/mol. The van der Waals surface area contributed by atoms with Crippen LogP contribution in [0.25, 0.3) is 10.9 Å². The van der Waals surface area contributed by atoms with E-state index in [2.05, 4.69) is 17.2 Å². The molecule has 1 heterocycles. The Bertz CT molecular complexity index is 663. The van der Waals surface area contributed by atoms with E-state index in [0.717, 1.165) is 29.3 Å². The van der Waals surface area contributed by atoms with Crippen LogP contribution in [0.1, 0.15) is 38.7 Å². The summed E-state index contributed by atoms with van der Waals surface area (Å²) in [6.45, 7) is 3.80. The molecular weight excluding hydrogens is 292 g/mol. The molecule has 1 atom stereocenters. The van der Waals surface area contributed by atoms with Crippen LogP contribution in [0.5, 0.6) is 0 Å². The molecule has 0 spiro atoms. The Labute approximate surface area is 136 Å². The van der Waals surface area contributed by atoms with Crippen LogP contribution in [0, 0.1) is 0 Å². The number of hydrogen-bond donors (Lipinski definition) is 2. The number of amides is 1. The normalized spacial score (nSPS) is 12.1. The summed E-state index contributed by atoms with van der Waals surface area (Å²) in [7, 11) is 0. The van der Waals surface area contributed by atoms with Crippen molar-refractivity contribution in [1.82, 2.24) is 10.3 Å². The molecule has 5 heteroatoms. The molecule has 0 saturated heterocycles. The second-order valence-corrected chi connectivity index (χ2v) is 5.78. The number of hydrogen-bond acceptors (Lipinski definition) is 3. The smallest absolute Gasteiger partial charge is 0.306 e. The lowest BCUT2D eigenvalue weighted by Crippen LogP contribution is -2.35. The summed E-state index contributed by atoms with van der Waals surface area (Å²) < 4.78 is 5.03. The molecule has 0 aliphatic heterocycles. The van der Waals surface area contributed by atoms with Crippen LogP contribution in [-0.4, -0.2) is 29.5 Å². The minimum atomic E-state index is -0.353. The molecule has 1 amide bonds. The number of aromatic nitrogens is 1. The molecule has 2 aromatic rings. The zero-order valence-corrected chi connectivity index (χ0v) is 13.7. The number of carbonyl (C=O) groups is 2. The highest BCUT2D eigenvalue weighted by Gasteiger charge is 2.11. The van der Waals surface area contributed by atoms with Crippen LogP contribution >= 0.6 is 0 Å². The number of rotatable bonds is 8. The van der Waals surface area contributed by atoms with Crippen LogP contribution in [0.2, 0.25) is 0 Å². The second-order valence-electron chi connectivity index (χ2n) is 5.78. The molecule has 0 saturated carbocycles. The molecule has 5 nitrogen and oxygen atoms in total. The van der Waals surface area contributed by atoms with E-state index in [0.29, 0.717) is 6.42 Å². The van der Waals surface area contributed by atoms with Gasteiger partial charge in [-0.3, -0.25) is 9.59 Å². The molecule has 0 radical (unpaired) electrons. The number of aryl methyl sites for hydroxylation is 1. The molecule has 124 valence electrons. The molecule has 1 aromatic heterocycles. The molecule has 2 N–H and O–H groups in total. The molecule has 23 heavy (non-hydrogen) atoms. The van der Waals surface area contributed by atoms with Crippen molar-refractivity contribution >= 4 is 22.8 Å². The Morgan fingerprint density at radius 1 is 1.30 bits per heavy atom. The fraction of sp³-hybridized carbons (Fsp3) is 0.444. The quantitative estimate of drug-likeness (QED) is 0.736. The highest BCUT2D eigenvalue weighted by molar-refractivity contribution is 5.84. The van der Waals surface area contributed by atoms with Crippen LogP contribution in [-0.2, 0) is 20.7 Å². The van der Waals surface area contributed by atoms with Gasteiger partial charge in [0.2, 0.25) is 0 Å². The SMILES string of the molecule is CCCC(C)NC(=O)COC(=O)CCc1c[nH]c2ccccc12. The molecule has 0 aliphatic carbocycles. The van der Waals surface area contributed by atoms with Crippen molar-refractivity contribution in [3.05, 3.63) is 36.0 Å². The third kappa shape index (κ3) is 5.13. The summed E-state index contributed by atoms with van der Waals surface area (Å²) >= 11 is 0. The predicted molar refractivity (Wildman–Crippen MR) is 90.1 cm³/mol. The first-order valence-corrected chi connectivity index (χ1v) is 8.10. The van der Waals surface area contributed by atoms with E-state index in [1.165, 1.54) is 0 Å². The van der Waals surface area contributed by atoms with Crippen LogP contribution in [0.4, 0.5) is 0 Å². The highest BCUT2D eigenvalue weighted by Crippen LogP contribution is 2.19. The minimum Gasteiger partial charge on any atom is -0.456 e. The van der Waals surface area contributed by atoms with E-state index in [-0.39, 0.29) is 30.9 Å². The van der Waals surface area contributed by atoms with Crippen molar-refractivity contribution in [1.29, 1.82) is 0 Å². The van der Waals surface area contributed by atoms with Gasteiger partial charge in [-0.15, -0.1) is 0 Å². The summed E-state index contributed by atoms with van der Waals surface area (Å²) in [6.07, 6.45) is 4.69. The van der Waals surface area contributed by atoms with E-state index in [4.69, 9.17) is 4.74 Å². The molecule has 1 unspecified atom stereocenters. The fourth-order valence-corrected chi connectivity index (χ4v) is 2.62. The van der Waals surface area contributed by atoms with Gasteiger partial charge >= 0.3 is 5.97 Å². The summed E-state index contributed by atoms with van der Waals surface area (Å²) in [6, 6.07) is 8.07. The molecular formula is C18H24N2O3. The predicted octanol–water partition coefficient (Wildman–Crippen LogP) is 2.95. The van der Waals surface area contributed by atoms with E-state index >= 15 is 0 Å². The molecule has 0 aliphatic rings. The maximum atomic E-state index is 11.8. The Hall–Kier alpha value is -2.30. The van der Waals surface area contributed by atoms with Crippen LogP contribution in [0.15, 0.2) is 30.5 Å². The standard InChI is InChI=1S/C18H24N2O3/c1-3-6-13(2)20-17(21)12-23-18(22)10-9-14-11-19-16-8-5-4-7-15(14)16/h4-5,7-8,11,13,19H,3,6,9-10,12H2,1-2H3,(H,20,21). The Morgan fingerprint density at radius 3 is 2.87 bits per heavy atom. The summed E-state index contributed by atoms with van der Waals surface area (Å²) in [5.74, 6) is -0.597. The Kier molecular flexibility index (Phi) is 6.20. The molecule has 2 rings (SSSR count). The van der Waals surface area contributed by atoms with Gasteiger partial charge in [-0.1, -0.05) is 31.5 Å². The van der Waals surface area contributed by atoms with E-state index in [1.807, 2.05) is 37.4 Å². The van der Waals surface area contributed by atoms with Gasteiger partial charge in [-0.2, -0.15) is 0 Å². The van der Waals surface area contributed by atoms with Gasteiger partial charge in [0, 0.05) is 29.6 Å². The summed E-state index contributed by atoms with van der Waals surface area (Å²) in [5, 5.41) is 3.93. The first kappa shape index (κ1) is 17.1. The van der Waals surface area contributed by atoms with Gasteiger partial charge in [-0.25, -0.2) is 0 Å². The van der Waals surface area contributed by atoms with Crippen molar-refractivity contribution in [2.24, 2.45) is 0 Å². The number of para-hydroxylation sites is 1. The zero-order chi connectivity index (χ0) is 16.7. The number of nitrogens with one attached hydrogen (secondary N) is 2. The fourth-order valence-electron chi connectivity index (χ4n) is 2.62. The lowest BCUT2D eigenvalue weighted by Gasteiger charge is -2.12. The largest absolute Gasteiger partial charge is 0.456 e. The van der Waals surface area contributed by atoms with E-state index < -0.39 is 0 Å². The minimum absolute atomic E-state index is 0.109.